The van der Waals surface area contributed by atoms with E-state index in [2.05, 4.69) is 15.9 Å². The molecule has 0 fully saturated rings. The average molecular weight is 369 g/mol. The summed E-state index contributed by atoms with van der Waals surface area (Å²) in [5.74, 6) is 0.812. The lowest BCUT2D eigenvalue weighted by Crippen LogP contribution is -2.34. The highest BCUT2D eigenvalue weighted by atomic mass is 79.9. The third-order valence-electron chi connectivity index (χ3n) is 3.30. The zero-order valence-corrected chi connectivity index (χ0v) is 14.7. The Morgan fingerprint density at radius 2 is 1.90 bits per heavy atom. The van der Waals surface area contributed by atoms with Crippen molar-refractivity contribution in [2.75, 3.05) is 0 Å². The molecule has 0 heterocycles. The smallest absolute Gasteiger partial charge is 0.120 e. The molecular formula is C17H19BrClNO. The third-order valence-corrected chi connectivity index (χ3v) is 4.10. The molecule has 112 valence electrons. The number of benzene rings is 2. The van der Waals surface area contributed by atoms with Gasteiger partial charge in [0.05, 0.1) is 11.6 Å². The van der Waals surface area contributed by atoms with Crippen molar-refractivity contribution in [3.05, 3.63) is 63.1 Å². The molecular weight excluding hydrogens is 350 g/mol. The fourth-order valence-electron chi connectivity index (χ4n) is 2.23. The van der Waals surface area contributed by atoms with Crippen molar-refractivity contribution < 1.29 is 4.74 Å². The molecule has 0 aromatic heterocycles. The summed E-state index contributed by atoms with van der Waals surface area (Å²) in [6.07, 6.45) is 0.126. The molecule has 4 heteroatoms. The Balaban J connectivity index is 2.43. The van der Waals surface area contributed by atoms with Gasteiger partial charge in [0.1, 0.15) is 5.75 Å². The highest BCUT2D eigenvalue weighted by Gasteiger charge is 2.26. The zero-order chi connectivity index (χ0) is 15.6. The van der Waals surface area contributed by atoms with Crippen molar-refractivity contribution in [2.24, 2.45) is 5.73 Å². The molecule has 2 N–H and O–H groups in total. The molecule has 2 aromatic rings. The lowest BCUT2D eigenvalue weighted by atomic mass is 9.85. The minimum Gasteiger partial charge on any atom is -0.491 e. The fourth-order valence-corrected chi connectivity index (χ4v) is 3.10. The normalized spacial score (nSPS) is 14.0. The summed E-state index contributed by atoms with van der Waals surface area (Å²) in [5, 5.41) is 0.643. The molecule has 1 atom stereocenters. The van der Waals surface area contributed by atoms with Crippen LogP contribution in [0.1, 0.15) is 31.9 Å². The van der Waals surface area contributed by atoms with Crippen molar-refractivity contribution in [1.82, 2.24) is 0 Å². The van der Waals surface area contributed by atoms with Gasteiger partial charge in [-0.2, -0.15) is 0 Å². The van der Waals surface area contributed by atoms with Gasteiger partial charge < -0.3 is 10.5 Å². The van der Waals surface area contributed by atoms with E-state index in [1.54, 1.807) is 0 Å². The van der Waals surface area contributed by atoms with E-state index in [0.717, 1.165) is 21.3 Å². The van der Waals surface area contributed by atoms with Crippen LogP contribution in [0.15, 0.2) is 46.9 Å². The molecule has 0 aliphatic rings. The summed E-state index contributed by atoms with van der Waals surface area (Å²) < 4.78 is 6.67. The lowest BCUT2D eigenvalue weighted by molar-refractivity contribution is 0.242. The summed E-state index contributed by atoms with van der Waals surface area (Å²) in [6, 6.07) is 13.6. The van der Waals surface area contributed by atoms with Gasteiger partial charge in [0.25, 0.3) is 0 Å². The van der Waals surface area contributed by atoms with Gasteiger partial charge in [0.15, 0.2) is 0 Å². The van der Waals surface area contributed by atoms with E-state index in [-0.39, 0.29) is 6.10 Å². The molecule has 21 heavy (non-hydrogen) atoms. The van der Waals surface area contributed by atoms with Crippen LogP contribution in [0.25, 0.3) is 0 Å². The molecule has 0 bridgehead atoms. The first-order valence-electron chi connectivity index (χ1n) is 6.82. The van der Waals surface area contributed by atoms with Crippen LogP contribution in [0.2, 0.25) is 5.02 Å². The zero-order valence-electron chi connectivity index (χ0n) is 12.4. The van der Waals surface area contributed by atoms with E-state index in [9.17, 15) is 0 Å². The van der Waals surface area contributed by atoms with Crippen molar-refractivity contribution in [2.45, 2.75) is 32.4 Å². The van der Waals surface area contributed by atoms with E-state index in [1.807, 2.05) is 63.2 Å². The highest BCUT2D eigenvalue weighted by Crippen LogP contribution is 2.34. The van der Waals surface area contributed by atoms with E-state index in [1.165, 1.54) is 0 Å². The number of rotatable bonds is 4. The largest absolute Gasteiger partial charge is 0.491 e. The Morgan fingerprint density at radius 3 is 2.52 bits per heavy atom. The number of nitrogens with two attached hydrogens (primary N) is 1. The van der Waals surface area contributed by atoms with Crippen LogP contribution in [0.4, 0.5) is 0 Å². The monoisotopic (exact) mass is 367 g/mol. The first-order chi connectivity index (χ1) is 9.80. The van der Waals surface area contributed by atoms with Gasteiger partial charge in [-0.3, -0.25) is 0 Å². The second-order valence-electron chi connectivity index (χ2n) is 5.52. The number of ether oxygens (including phenoxy) is 1. The molecule has 2 rings (SSSR count). The Kier molecular flexibility index (Phi) is 4.97. The van der Waals surface area contributed by atoms with Crippen LogP contribution in [0.3, 0.4) is 0 Å². The van der Waals surface area contributed by atoms with Crippen molar-refractivity contribution >= 4 is 27.5 Å². The van der Waals surface area contributed by atoms with Crippen LogP contribution in [-0.4, -0.2) is 6.10 Å². The molecule has 0 aliphatic heterocycles. The molecule has 0 saturated carbocycles. The van der Waals surface area contributed by atoms with Crippen LogP contribution < -0.4 is 10.5 Å². The fraction of sp³-hybridized carbons (Fsp3) is 0.294. The van der Waals surface area contributed by atoms with Gasteiger partial charge in [-0.1, -0.05) is 45.7 Å². The molecule has 2 nitrogen and oxygen atoms in total. The molecule has 1 unspecified atom stereocenters. The summed E-state index contributed by atoms with van der Waals surface area (Å²) in [4.78, 5) is 0. The summed E-state index contributed by atoms with van der Waals surface area (Å²) in [5.41, 5.74) is 7.71. The predicted molar refractivity (Wildman–Crippen MR) is 92.0 cm³/mol. The molecule has 0 radical (unpaired) electrons. The third kappa shape index (κ3) is 3.79. The number of hydrogen-bond acceptors (Lipinski definition) is 2. The van der Waals surface area contributed by atoms with Gasteiger partial charge in [0.2, 0.25) is 0 Å². The van der Waals surface area contributed by atoms with Crippen molar-refractivity contribution in [3.8, 4) is 5.75 Å². The quantitative estimate of drug-likeness (QED) is 0.813. The van der Waals surface area contributed by atoms with Crippen LogP contribution >= 0.6 is 27.5 Å². The number of halogens is 2. The highest BCUT2D eigenvalue weighted by molar-refractivity contribution is 9.10. The van der Waals surface area contributed by atoms with Gasteiger partial charge in [-0.15, -0.1) is 0 Å². The maximum absolute atomic E-state index is 6.55. The van der Waals surface area contributed by atoms with Gasteiger partial charge in [-0.05, 0) is 56.2 Å². The van der Waals surface area contributed by atoms with Gasteiger partial charge >= 0.3 is 0 Å². The Labute approximate surface area is 139 Å². The van der Waals surface area contributed by atoms with Crippen molar-refractivity contribution in [1.29, 1.82) is 0 Å². The Hall–Kier alpha value is -1.03. The molecule has 0 spiro atoms. The Morgan fingerprint density at radius 1 is 1.19 bits per heavy atom. The van der Waals surface area contributed by atoms with Crippen LogP contribution in [-0.2, 0) is 5.54 Å². The number of hydrogen-bond donors (Lipinski definition) is 1. The molecule has 2 aromatic carbocycles. The van der Waals surface area contributed by atoms with E-state index in [0.29, 0.717) is 5.02 Å². The van der Waals surface area contributed by atoms with Crippen molar-refractivity contribution in [3.63, 3.8) is 0 Å². The van der Waals surface area contributed by atoms with E-state index in [4.69, 9.17) is 22.1 Å². The molecule has 0 saturated heterocycles. The summed E-state index contributed by atoms with van der Waals surface area (Å²) >= 11 is 9.76. The molecule has 0 amide bonds. The second kappa shape index (κ2) is 6.39. The minimum atomic E-state index is -0.686. The standard InChI is InChI=1S/C17H19BrClNO/c1-11(2)21-14-6-4-5-12(9-14)17(3,20)15-8-7-13(18)10-16(15)19/h4-11H,20H2,1-3H3. The topological polar surface area (TPSA) is 35.2 Å². The first kappa shape index (κ1) is 16.3. The predicted octanol–water partition coefficient (Wildman–Crippen LogP) is 5.11. The van der Waals surface area contributed by atoms with Crippen LogP contribution in [0, 0.1) is 0 Å². The average Bonchev–Trinajstić information content (AvgIpc) is 2.37. The maximum Gasteiger partial charge on any atom is 0.120 e. The van der Waals surface area contributed by atoms with E-state index < -0.39 is 5.54 Å². The second-order valence-corrected chi connectivity index (χ2v) is 6.84. The SMILES string of the molecule is CC(C)Oc1cccc(C(C)(N)c2ccc(Br)cc2Cl)c1. The van der Waals surface area contributed by atoms with Gasteiger partial charge in [0, 0.05) is 9.50 Å². The molecule has 0 aliphatic carbocycles. The summed E-state index contributed by atoms with van der Waals surface area (Å²) in [7, 11) is 0. The minimum absolute atomic E-state index is 0.126. The Bertz CT molecular complexity index is 640. The van der Waals surface area contributed by atoms with Crippen LogP contribution in [0.5, 0.6) is 5.75 Å². The van der Waals surface area contributed by atoms with E-state index >= 15 is 0 Å². The van der Waals surface area contributed by atoms with Gasteiger partial charge in [-0.25, -0.2) is 0 Å². The summed E-state index contributed by atoms with van der Waals surface area (Å²) in [6.45, 7) is 5.95. The first-order valence-corrected chi connectivity index (χ1v) is 7.99. The lowest BCUT2D eigenvalue weighted by Gasteiger charge is -2.27. The maximum atomic E-state index is 6.55.